The normalized spacial score (nSPS) is 14.3. The number of hydrogen-bond donors (Lipinski definition) is 0. The van der Waals surface area contributed by atoms with E-state index in [1.54, 1.807) is 56.3 Å². The zero-order valence-electron chi connectivity index (χ0n) is 18.5. The van der Waals surface area contributed by atoms with Crippen molar-refractivity contribution in [3.05, 3.63) is 62.5 Å². The van der Waals surface area contributed by atoms with Gasteiger partial charge >= 0.3 is 5.97 Å². The molecule has 0 N–H and O–H groups in total. The smallest absolute Gasteiger partial charge is 0.344 e. The third-order valence-electron chi connectivity index (χ3n) is 4.64. The maximum Gasteiger partial charge on any atom is 0.344 e. The minimum Gasteiger partial charge on any atom is -0.490 e. The Labute approximate surface area is 209 Å². The molecule has 0 saturated carbocycles. The first-order valence-corrected chi connectivity index (χ1v) is 12.0. The number of amides is 2. The summed E-state index contributed by atoms with van der Waals surface area (Å²) in [5.41, 5.74) is 1.60. The zero-order valence-corrected chi connectivity index (χ0v) is 20.9. The van der Waals surface area contributed by atoms with E-state index < -0.39 is 17.1 Å². The van der Waals surface area contributed by atoms with E-state index >= 15 is 0 Å². The number of carbonyl (C=O) groups is 3. The van der Waals surface area contributed by atoms with Crippen LogP contribution in [0.1, 0.15) is 30.5 Å². The van der Waals surface area contributed by atoms with Crippen molar-refractivity contribution in [2.45, 2.75) is 20.4 Å². The fraction of sp³-hybridized carbons (Fsp3) is 0.250. The molecular formula is C24H21BrN2O6S. The second kappa shape index (κ2) is 11.7. The van der Waals surface area contributed by atoms with Gasteiger partial charge in [-0.2, -0.15) is 5.26 Å². The Morgan fingerprint density at radius 2 is 1.88 bits per heavy atom. The highest BCUT2D eigenvalue weighted by molar-refractivity contribution is 9.10. The molecule has 0 aromatic heterocycles. The molecule has 0 radical (unpaired) electrons. The lowest BCUT2D eigenvalue weighted by atomic mass is 10.1. The maximum atomic E-state index is 13.0. The molecule has 1 heterocycles. The van der Waals surface area contributed by atoms with Gasteiger partial charge < -0.3 is 14.2 Å². The number of esters is 1. The molecule has 8 nitrogen and oxygen atoms in total. The number of imide groups is 1. The Balaban J connectivity index is 1.84. The van der Waals surface area contributed by atoms with Gasteiger partial charge in [-0.05, 0) is 61.0 Å². The van der Waals surface area contributed by atoms with Crippen molar-refractivity contribution in [2.24, 2.45) is 0 Å². The lowest BCUT2D eigenvalue weighted by Gasteiger charge is -2.14. The van der Waals surface area contributed by atoms with E-state index in [4.69, 9.17) is 14.2 Å². The molecule has 34 heavy (non-hydrogen) atoms. The molecule has 0 bridgehead atoms. The van der Waals surface area contributed by atoms with E-state index in [9.17, 15) is 19.6 Å². The number of carbonyl (C=O) groups excluding carboxylic acids is 3. The predicted octanol–water partition coefficient (Wildman–Crippen LogP) is 4.90. The van der Waals surface area contributed by atoms with E-state index in [1.165, 1.54) is 0 Å². The van der Waals surface area contributed by atoms with Crippen LogP contribution in [0.2, 0.25) is 0 Å². The van der Waals surface area contributed by atoms with Crippen LogP contribution >= 0.6 is 27.7 Å². The molecule has 0 spiro atoms. The highest BCUT2D eigenvalue weighted by Crippen LogP contribution is 2.38. The van der Waals surface area contributed by atoms with E-state index in [1.807, 2.05) is 0 Å². The summed E-state index contributed by atoms with van der Waals surface area (Å²) >= 11 is 4.27. The Bertz CT molecular complexity index is 1190. The summed E-state index contributed by atoms with van der Waals surface area (Å²) in [4.78, 5) is 38.5. The first-order valence-electron chi connectivity index (χ1n) is 10.4. The maximum absolute atomic E-state index is 13.0. The van der Waals surface area contributed by atoms with E-state index in [-0.39, 0.29) is 24.7 Å². The Hall–Kier alpha value is -3.29. The lowest BCUT2D eigenvalue weighted by Crippen LogP contribution is -2.27. The van der Waals surface area contributed by atoms with Crippen molar-refractivity contribution >= 4 is 50.9 Å². The van der Waals surface area contributed by atoms with Crippen molar-refractivity contribution in [2.75, 3.05) is 19.8 Å². The summed E-state index contributed by atoms with van der Waals surface area (Å²) in [5.74, 6) is -0.240. The average molecular weight is 545 g/mol. The molecule has 1 saturated heterocycles. The molecule has 2 amide bonds. The zero-order chi connectivity index (χ0) is 24.7. The number of nitrogens with zero attached hydrogens (tertiary/aromatic N) is 2. The van der Waals surface area contributed by atoms with Crippen molar-refractivity contribution in [1.82, 2.24) is 4.90 Å². The fourth-order valence-electron chi connectivity index (χ4n) is 3.10. The van der Waals surface area contributed by atoms with Crippen molar-refractivity contribution in [3.63, 3.8) is 0 Å². The summed E-state index contributed by atoms with van der Waals surface area (Å²) < 4.78 is 16.6. The van der Waals surface area contributed by atoms with Crippen LogP contribution < -0.4 is 9.47 Å². The summed E-state index contributed by atoms with van der Waals surface area (Å²) in [7, 11) is 0. The van der Waals surface area contributed by atoms with E-state index in [0.717, 1.165) is 16.7 Å². The monoisotopic (exact) mass is 544 g/mol. The molecule has 0 unspecified atom stereocenters. The van der Waals surface area contributed by atoms with Crippen LogP contribution in [0.25, 0.3) is 6.08 Å². The number of ether oxygens (including phenoxy) is 3. The first kappa shape index (κ1) is 25.3. The molecule has 176 valence electrons. The predicted molar refractivity (Wildman–Crippen MR) is 130 cm³/mol. The average Bonchev–Trinajstić information content (AvgIpc) is 3.08. The number of benzene rings is 2. The molecule has 0 atom stereocenters. The minimum absolute atomic E-state index is 0.0116. The largest absolute Gasteiger partial charge is 0.490 e. The highest BCUT2D eigenvalue weighted by Gasteiger charge is 2.35. The Kier molecular flexibility index (Phi) is 8.73. The summed E-state index contributed by atoms with van der Waals surface area (Å²) in [6, 6.07) is 12.2. The Morgan fingerprint density at radius 3 is 2.59 bits per heavy atom. The molecule has 2 aromatic rings. The van der Waals surface area contributed by atoms with Crippen molar-refractivity contribution < 1.29 is 28.6 Å². The molecule has 10 heteroatoms. The van der Waals surface area contributed by atoms with Crippen LogP contribution in [0.5, 0.6) is 11.5 Å². The number of hydrogen-bond acceptors (Lipinski definition) is 8. The Morgan fingerprint density at radius 1 is 1.15 bits per heavy atom. The topological polar surface area (TPSA) is 106 Å². The summed E-state index contributed by atoms with van der Waals surface area (Å²) in [5, 5.41) is 8.86. The van der Waals surface area contributed by atoms with E-state index in [0.29, 0.717) is 39.3 Å². The van der Waals surface area contributed by atoms with Gasteiger partial charge in [-0.3, -0.25) is 14.5 Å². The van der Waals surface area contributed by atoms with Gasteiger partial charge in [0.25, 0.3) is 11.1 Å². The molecule has 1 fully saturated rings. The number of rotatable bonds is 9. The molecule has 2 aromatic carbocycles. The van der Waals surface area contributed by atoms with Crippen LogP contribution in [0, 0.1) is 11.3 Å². The van der Waals surface area contributed by atoms with Gasteiger partial charge in [-0.1, -0.05) is 34.1 Å². The standard InChI is InChI=1S/C24H21BrN2O6S/c1-3-31-19-9-17(18(25)11-20(19)33-14-22(28)32-4-2)10-21-23(29)27(24(30)34-21)13-16-8-6-5-7-15(16)12-26/h5-11H,3-4,13-14H2,1-2H3/b21-10+. The third kappa shape index (κ3) is 5.98. The van der Waals surface area contributed by atoms with Crippen LogP contribution in [-0.2, 0) is 20.9 Å². The molecular weight excluding hydrogens is 524 g/mol. The van der Waals surface area contributed by atoms with Crippen molar-refractivity contribution in [3.8, 4) is 17.6 Å². The van der Waals surface area contributed by atoms with Crippen LogP contribution in [0.4, 0.5) is 4.79 Å². The van der Waals surface area contributed by atoms with Crippen LogP contribution in [0.3, 0.4) is 0 Å². The second-order valence-corrected chi connectivity index (χ2v) is 8.73. The van der Waals surface area contributed by atoms with Crippen LogP contribution in [0.15, 0.2) is 45.8 Å². The van der Waals surface area contributed by atoms with Crippen LogP contribution in [-0.4, -0.2) is 41.8 Å². The van der Waals surface area contributed by atoms with Gasteiger partial charge in [0.2, 0.25) is 0 Å². The first-order chi connectivity index (χ1) is 16.4. The van der Waals surface area contributed by atoms with Gasteiger partial charge in [0.1, 0.15) is 0 Å². The summed E-state index contributed by atoms with van der Waals surface area (Å²) in [6.45, 7) is 3.85. The molecule has 1 aliphatic rings. The van der Waals surface area contributed by atoms with Gasteiger partial charge in [-0.25, -0.2) is 4.79 Å². The molecule has 0 aliphatic carbocycles. The van der Waals surface area contributed by atoms with Crippen molar-refractivity contribution in [1.29, 1.82) is 5.26 Å². The van der Waals surface area contributed by atoms with Gasteiger partial charge in [0.15, 0.2) is 18.1 Å². The SMILES string of the molecule is CCOC(=O)COc1cc(Br)c(/C=C2/SC(=O)N(Cc3ccccc3C#N)C2=O)cc1OCC. The second-order valence-electron chi connectivity index (χ2n) is 6.88. The number of nitriles is 1. The molecule has 3 rings (SSSR count). The fourth-order valence-corrected chi connectivity index (χ4v) is 4.36. The quantitative estimate of drug-likeness (QED) is 0.324. The summed E-state index contributed by atoms with van der Waals surface area (Å²) in [6.07, 6.45) is 1.59. The van der Waals surface area contributed by atoms with Gasteiger partial charge in [-0.15, -0.1) is 0 Å². The number of halogens is 1. The number of thioether (sulfide) groups is 1. The minimum atomic E-state index is -0.503. The van der Waals surface area contributed by atoms with Gasteiger partial charge in [0.05, 0.1) is 36.3 Å². The van der Waals surface area contributed by atoms with Gasteiger partial charge in [0, 0.05) is 4.47 Å². The van der Waals surface area contributed by atoms with E-state index in [2.05, 4.69) is 22.0 Å². The molecule has 1 aliphatic heterocycles. The lowest BCUT2D eigenvalue weighted by molar-refractivity contribution is -0.145. The third-order valence-corrected chi connectivity index (χ3v) is 6.23. The highest BCUT2D eigenvalue weighted by atomic mass is 79.9.